The van der Waals surface area contributed by atoms with Crippen LogP contribution in [0.15, 0.2) is 243 Å². The number of hydrogen-bond donors (Lipinski definition) is 0. The van der Waals surface area contributed by atoms with Crippen LogP contribution in [-0.2, 0) is 9.31 Å². The van der Waals surface area contributed by atoms with Crippen LogP contribution >= 0.6 is 11.6 Å². The van der Waals surface area contributed by atoms with Gasteiger partial charge in [-0.2, -0.15) is 0 Å². The molecule has 0 saturated carbocycles. The Hall–Kier alpha value is -10.4. The number of fused-ring (bicyclic) bond motifs is 10. The number of pyridine rings is 4. The van der Waals surface area contributed by atoms with E-state index in [1.165, 1.54) is 120 Å². The Kier molecular flexibility index (Phi) is 13.4. The second-order valence-electron chi connectivity index (χ2n) is 26.5. The molecule has 1 aliphatic heterocycles. The van der Waals surface area contributed by atoms with E-state index in [-0.39, 0.29) is 18.3 Å². The largest absolute Gasteiger partial charge is 0.494 e. The molecule has 18 aromatic rings. The lowest BCUT2D eigenvalue weighted by atomic mass is 9.77. The molecule has 8 heteroatoms. The second kappa shape index (κ2) is 21.9. The first-order valence-corrected chi connectivity index (χ1v) is 32.7. The maximum atomic E-state index is 6.34. The number of hydrogen-bond acceptors (Lipinski definition) is 6. The van der Waals surface area contributed by atoms with Gasteiger partial charge in [-0.25, -0.2) is 0 Å². The second-order valence-corrected chi connectivity index (χ2v) is 26.9. The molecule has 6 nitrogen and oxygen atoms in total. The first kappa shape index (κ1) is 57.5. The topological polar surface area (TPSA) is 70.0 Å². The molecule has 1 saturated heterocycles. The van der Waals surface area contributed by atoms with Crippen molar-refractivity contribution in [1.82, 2.24) is 19.9 Å². The molecule has 4 aromatic heterocycles. The minimum Gasteiger partial charge on any atom is -0.399 e. The number of rotatable bonds is 4. The molecule has 0 unspecified atom stereocenters. The van der Waals surface area contributed by atoms with Crippen LogP contribution in [-0.4, -0.2) is 38.3 Å². The quantitative estimate of drug-likeness (QED) is 0.0993. The molecule has 0 bridgehead atoms. The lowest BCUT2D eigenvalue weighted by Gasteiger charge is -2.32. The molecule has 0 atom stereocenters. The van der Waals surface area contributed by atoms with Crippen LogP contribution in [0.4, 0.5) is 0 Å². The predicted molar refractivity (Wildman–Crippen MR) is 399 cm³/mol. The Labute approximate surface area is 550 Å². The summed E-state index contributed by atoms with van der Waals surface area (Å²) in [7, 11) is -0.371. The average Bonchev–Trinajstić information content (AvgIpc) is 0.960. The summed E-state index contributed by atoms with van der Waals surface area (Å²) in [6, 6.07) is 87.7. The van der Waals surface area contributed by atoms with Crippen molar-refractivity contribution in [3.8, 4) is 33.4 Å². The first-order valence-electron chi connectivity index (χ1n) is 32.4. The monoisotopic (exact) mass is 1230 g/mol. The molecule has 0 spiro atoms. The van der Waals surface area contributed by atoms with E-state index in [4.69, 9.17) is 30.9 Å². The zero-order valence-corrected chi connectivity index (χ0v) is 54.4. The summed E-state index contributed by atoms with van der Waals surface area (Å²) < 4.78 is 12.7. The third-order valence-electron chi connectivity index (χ3n) is 20.0. The summed E-state index contributed by atoms with van der Waals surface area (Å²) in [5, 5.41) is 26.1. The minimum atomic E-state index is -0.371. The van der Waals surface area contributed by atoms with Gasteiger partial charge < -0.3 is 9.31 Å². The highest BCUT2D eigenvalue weighted by Crippen LogP contribution is 2.46. The first-order chi connectivity index (χ1) is 45.6. The Morgan fingerprint density at radius 3 is 1.16 bits per heavy atom. The van der Waals surface area contributed by atoms with E-state index in [9.17, 15) is 0 Å². The average molecular weight is 1230 g/mol. The molecule has 0 aliphatic carbocycles. The van der Waals surface area contributed by atoms with Crippen molar-refractivity contribution in [1.29, 1.82) is 0 Å². The highest BCUT2D eigenvalue weighted by atomic mass is 35.5. The van der Waals surface area contributed by atoms with E-state index in [1.54, 1.807) is 0 Å². The molecule has 19 rings (SSSR count). The zero-order valence-electron chi connectivity index (χ0n) is 53.7. The molecule has 450 valence electrons. The van der Waals surface area contributed by atoms with Gasteiger partial charge >= 0.3 is 7.12 Å². The fourth-order valence-corrected chi connectivity index (χ4v) is 15.2. The number of aromatic nitrogens is 4. The summed E-state index contributed by atoms with van der Waals surface area (Å²) >= 11 is 6.23. The number of nitrogens with zero attached hydrogens (tertiary/aromatic N) is 4. The van der Waals surface area contributed by atoms with Crippen molar-refractivity contribution in [2.45, 2.75) is 66.6 Å². The summed E-state index contributed by atoms with van der Waals surface area (Å²) in [6.45, 7) is 16.4. The van der Waals surface area contributed by atoms with Gasteiger partial charge in [0.05, 0.1) is 38.3 Å². The highest BCUT2D eigenvalue weighted by molar-refractivity contribution is 6.62. The third-order valence-corrected chi connectivity index (χ3v) is 20.3. The van der Waals surface area contributed by atoms with Gasteiger partial charge in [0.15, 0.2) is 0 Å². The van der Waals surface area contributed by atoms with Crippen LogP contribution in [0.5, 0.6) is 0 Å². The standard InChI is InChI=1S/C40H26N2.C32H27BO2.C14H11ClN2/c1-23-15-16-26-17-18-35-36(21-24(2)42-40(35)39(26)41-23)28-10-3-9-27(22-28)29-19-20-34-32-12-5-8-25-7-4-11-31(37(25)32)33-14-6-13-30(29)38(33)34;1-31(2)32(3,4)35-33(34-31)22-12-5-11-21(19-22)23-17-18-28-26-14-7-10-20-9-6-13-25(29(20)26)27-16-8-15-24(23)30(27)28;1-8-3-4-10-5-6-11-12(15)7-9(2)17-14(11)13(10)16-8/h3-22H,1-2H3;5-19H,1-4H3;3-7H,1-2H3. The van der Waals surface area contributed by atoms with Gasteiger partial charge in [0.25, 0.3) is 0 Å². The Morgan fingerprint density at radius 1 is 0.287 bits per heavy atom. The van der Waals surface area contributed by atoms with Crippen LogP contribution in [0.2, 0.25) is 5.02 Å². The number of aryl methyl sites for hydroxylation is 4. The molecule has 0 radical (unpaired) electrons. The Morgan fingerprint density at radius 2 is 0.649 bits per heavy atom. The normalized spacial score (nSPS) is 13.9. The maximum absolute atomic E-state index is 6.34. The maximum Gasteiger partial charge on any atom is 0.494 e. The molecule has 5 heterocycles. The SMILES string of the molecule is CC1(C)OB(c2cccc(-c3ccc4c5cccc6cccc(c7cccc3c74)c65)c2)OC1(C)C.Cc1ccc2ccc3c(-c4cccc(-c5ccc6c7cccc8cccc(c9cccc5c96)c87)c4)cc(C)nc3c2n1.Cc1ccc2ccc3c(Cl)cc(C)nc3c2n1. The van der Waals surface area contributed by atoms with Crippen molar-refractivity contribution in [2.24, 2.45) is 0 Å². The summed E-state index contributed by atoms with van der Waals surface area (Å²) in [5.74, 6) is 0. The molecule has 14 aromatic carbocycles. The lowest BCUT2D eigenvalue weighted by molar-refractivity contribution is 0.00578. The van der Waals surface area contributed by atoms with Gasteiger partial charge in [0, 0.05) is 44.3 Å². The van der Waals surface area contributed by atoms with E-state index in [2.05, 4.69) is 263 Å². The number of benzene rings is 14. The fourth-order valence-electron chi connectivity index (χ4n) is 14.9. The minimum absolute atomic E-state index is 0.359. The van der Waals surface area contributed by atoms with Gasteiger partial charge in [0.2, 0.25) is 0 Å². The van der Waals surface area contributed by atoms with E-state index < -0.39 is 0 Å². The van der Waals surface area contributed by atoms with Gasteiger partial charge in [-0.15, -0.1) is 0 Å². The Bertz CT molecular complexity index is 6040. The van der Waals surface area contributed by atoms with Crippen molar-refractivity contribution >= 4 is 154 Å². The van der Waals surface area contributed by atoms with Crippen molar-refractivity contribution in [2.75, 3.05) is 0 Å². The molecular formula is C86H64BClN4O2. The van der Waals surface area contributed by atoms with Crippen molar-refractivity contribution in [3.63, 3.8) is 0 Å². The zero-order chi connectivity index (χ0) is 63.9. The Balaban J connectivity index is 0.000000116. The third kappa shape index (κ3) is 9.31. The summed E-state index contributed by atoms with van der Waals surface area (Å²) in [5.41, 5.74) is 15.2. The fraction of sp³-hybridized carbons (Fsp3) is 0.116. The van der Waals surface area contributed by atoms with E-state index >= 15 is 0 Å². The summed E-state index contributed by atoms with van der Waals surface area (Å²) in [6.07, 6.45) is 0. The van der Waals surface area contributed by atoms with Gasteiger partial charge in [-0.1, -0.05) is 224 Å². The highest BCUT2D eigenvalue weighted by Gasteiger charge is 2.51. The van der Waals surface area contributed by atoms with Crippen LogP contribution in [0.25, 0.3) is 163 Å². The van der Waals surface area contributed by atoms with Crippen LogP contribution in [0.3, 0.4) is 0 Å². The van der Waals surface area contributed by atoms with Gasteiger partial charge in [0.1, 0.15) is 0 Å². The van der Waals surface area contributed by atoms with Crippen LogP contribution in [0, 0.1) is 27.7 Å². The van der Waals surface area contributed by atoms with Crippen molar-refractivity contribution in [3.05, 3.63) is 270 Å². The lowest BCUT2D eigenvalue weighted by Crippen LogP contribution is -2.41. The summed E-state index contributed by atoms with van der Waals surface area (Å²) in [4.78, 5) is 19.0. The van der Waals surface area contributed by atoms with E-state index in [0.29, 0.717) is 0 Å². The smallest absolute Gasteiger partial charge is 0.399 e. The van der Waals surface area contributed by atoms with Crippen LogP contribution < -0.4 is 5.46 Å². The van der Waals surface area contributed by atoms with E-state index in [0.717, 1.165) is 76.9 Å². The predicted octanol–water partition coefficient (Wildman–Crippen LogP) is 22.5. The molecular weight excluding hydrogens is 1170 g/mol. The van der Waals surface area contributed by atoms with Crippen molar-refractivity contribution < 1.29 is 9.31 Å². The molecule has 0 N–H and O–H groups in total. The van der Waals surface area contributed by atoms with Gasteiger partial charge in [-0.05, 0) is 211 Å². The molecule has 0 amide bonds. The van der Waals surface area contributed by atoms with Gasteiger partial charge in [-0.3, -0.25) is 19.9 Å². The molecule has 94 heavy (non-hydrogen) atoms. The molecule has 1 fully saturated rings. The van der Waals surface area contributed by atoms with E-state index in [1.807, 2.05) is 45.0 Å². The van der Waals surface area contributed by atoms with Crippen LogP contribution in [0.1, 0.15) is 50.5 Å². The molecule has 1 aliphatic rings. The number of halogens is 1.